The minimum atomic E-state index is -0.251. The summed E-state index contributed by atoms with van der Waals surface area (Å²) in [6.07, 6.45) is 4.65. The molecule has 0 bridgehead atoms. The van der Waals surface area contributed by atoms with Gasteiger partial charge in [-0.05, 0) is 68.8 Å². The van der Waals surface area contributed by atoms with Gasteiger partial charge >= 0.3 is 0 Å². The zero-order chi connectivity index (χ0) is 24.7. The summed E-state index contributed by atoms with van der Waals surface area (Å²) in [4.78, 5) is 13.1. The van der Waals surface area contributed by atoms with Crippen LogP contribution in [0.1, 0.15) is 19.4 Å². The summed E-state index contributed by atoms with van der Waals surface area (Å²) in [7, 11) is 0. The molecule has 1 aliphatic heterocycles. The molecular formula is C26H26N8O2. The molecule has 36 heavy (non-hydrogen) atoms. The van der Waals surface area contributed by atoms with Gasteiger partial charge in [-0.15, -0.1) is 0 Å². The second-order valence-corrected chi connectivity index (χ2v) is 9.45. The van der Waals surface area contributed by atoms with Crippen molar-refractivity contribution in [2.45, 2.75) is 32.7 Å². The van der Waals surface area contributed by atoms with E-state index in [4.69, 9.17) is 9.47 Å². The first-order chi connectivity index (χ1) is 17.4. The maximum Gasteiger partial charge on any atom is 0.184 e. The van der Waals surface area contributed by atoms with Crippen molar-refractivity contribution < 1.29 is 9.47 Å². The van der Waals surface area contributed by atoms with Gasteiger partial charge in [0, 0.05) is 34.6 Å². The summed E-state index contributed by atoms with van der Waals surface area (Å²) in [6.45, 7) is 6.87. The second-order valence-electron chi connectivity index (χ2n) is 9.45. The molecule has 1 unspecified atom stereocenters. The van der Waals surface area contributed by atoms with E-state index in [-0.39, 0.29) is 11.9 Å². The van der Waals surface area contributed by atoms with E-state index in [9.17, 15) is 0 Å². The van der Waals surface area contributed by atoms with Crippen molar-refractivity contribution >= 4 is 33.7 Å². The lowest BCUT2D eigenvalue weighted by molar-refractivity contribution is 0.119. The molecule has 4 heterocycles. The van der Waals surface area contributed by atoms with Gasteiger partial charge in [-0.25, -0.2) is 19.5 Å². The van der Waals surface area contributed by atoms with Crippen molar-refractivity contribution in [3.8, 4) is 11.5 Å². The zero-order valence-corrected chi connectivity index (χ0v) is 20.2. The molecule has 3 N–H and O–H groups in total. The van der Waals surface area contributed by atoms with Crippen molar-refractivity contribution in [3.63, 3.8) is 0 Å². The van der Waals surface area contributed by atoms with Gasteiger partial charge in [0.15, 0.2) is 12.0 Å². The van der Waals surface area contributed by atoms with Crippen molar-refractivity contribution in [2.75, 3.05) is 17.2 Å². The highest BCUT2D eigenvalue weighted by atomic mass is 16.5. The Bertz CT molecular complexity index is 1560. The summed E-state index contributed by atoms with van der Waals surface area (Å²) in [5.41, 5.74) is 4.30. The number of pyridine rings is 1. The van der Waals surface area contributed by atoms with Crippen LogP contribution >= 0.6 is 0 Å². The molecule has 1 saturated heterocycles. The zero-order valence-electron chi connectivity index (χ0n) is 20.2. The number of hydrogen-bond acceptors (Lipinski definition) is 9. The van der Waals surface area contributed by atoms with Crippen LogP contribution < -0.4 is 20.7 Å². The van der Waals surface area contributed by atoms with Gasteiger partial charge in [-0.2, -0.15) is 5.10 Å². The first-order valence-electron chi connectivity index (χ1n) is 11.7. The van der Waals surface area contributed by atoms with Gasteiger partial charge in [-0.1, -0.05) is 0 Å². The van der Waals surface area contributed by atoms with Crippen LogP contribution in [-0.2, 0) is 4.74 Å². The first-order valence-corrected chi connectivity index (χ1v) is 11.7. The summed E-state index contributed by atoms with van der Waals surface area (Å²) in [5, 5.41) is 15.2. The van der Waals surface area contributed by atoms with Gasteiger partial charge < -0.3 is 20.1 Å². The minimum absolute atomic E-state index is 0.0681. The van der Waals surface area contributed by atoms with Crippen LogP contribution in [0.15, 0.2) is 67.4 Å². The predicted octanol–water partition coefficient (Wildman–Crippen LogP) is 4.61. The molecule has 0 radical (unpaired) electrons. The summed E-state index contributed by atoms with van der Waals surface area (Å²) < 4.78 is 13.6. The van der Waals surface area contributed by atoms with E-state index in [1.54, 1.807) is 10.8 Å². The van der Waals surface area contributed by atoms with E-state index in [0.29, 0.717) is 12.4 Å². The molecule has 0 amide bonds. The highest BCUT2D eigenvalue weighted by Gasteiger charge is 2.30. The molecule has 1 aliphatic rings. The molecular weight excluding hydrogens is 456 g/mol. The molecule has 10 nitrogen and oxygen atoms in total. The third-order valence-corrected chi connectivity index (χ3v) is 5.98. The lowest BCUT2D eigenvalue weighted by Crippen LogP contribution is -2.42. The highest BCUT2D eigenvalue weighted by molar-refractivity contribution is 5.93. The maximum absolute atomic E-state index is 6.10. The third-order valence-electron chi connectivity index (χ3n) is 5.98. The molecule has 182 valence electrons. The van der Waals surface area contributed by atoms with E-state index in [1.165, 1.54) is 6.33 Å². The fourth-order valence-corrected chi connectivity index (χ4v) is 4.17. The molecule has 0 spiro atoms. The third kappa shape index (κ3) is 4.51. The molecule has 0 saturated carbocycles. The van der Waals surface area contributed by atoms with Crippen LogP contribution in [0.5, 0.6) is 11.5 Å². The Morgan fingerprint density at radius 3 is 2.75 bits per heavy atom. The predicted molar refractivity (Wildman–Crippen MR) is 138 cm³/mol. The van der Waals surface area contributed by atoms with E-state index < -0.39 is 0 Å². The van der Waals surface area contributed by atoms with E-state index in [1.807, 2.05) is 61.7 Å². The molecule has 5 aromatic rings. The lowest BCUT2D eigenvalue weighted by Gasteiger charge is -2.19. The standard InChI is InChI=1S/C26H26N8O2/c1-16-10-17(5-7-22(16)36-19-8-9-34-23(12-19)28-15-30-34)31-24-20-11-18(4-6-21(20)27-14-29-24)32-25-33-26(2,3)13-35-25/h4-12,14-15,25,32-33H,13H2,1-3H3,(H,27,29,31). The monoisotopic (exact) mass is 482 g/mol. The van der Waals surface area contributed by atoms with Crippen molar-refractivity contribution in [1.82, 2.24) is 29.9 Å². The topological polar surface area (TPSA) is 111 Å². The fourth-order valence-electron chi connectivity index (χ4n) is 4.17. The molecule has 3 aromatic heterocycles. The minimum Gasteiger partial charge on any atom is -0.457 e. The van der Waals surface area contributed by atoms with Crippen LogP contribution in [0.2, 0.25) is 0 Å². The SMILES string of the molecule is Cc1cc(Nc2ncnc3ccc(NC4NC(C)(C)CO4)cc23)ccc1Oc1ccn2ncnc2c1. The van der Waals surface area contributed by atoms with Crippen LogP contribution in [0.4, 0.5) is 17.2 Å². The number of nitrogens with one attached hydrogen (secondary N) is 3. The molecule has 2 aromatic carbocycles. The van der Waals surface area contributed by atoms with Crippen LogP contribution in [0.25, 0.3) is 16.6 Å². The Labute approximate surface area is 207 Å². The summed E-state index contributed by atoms with van der Waals surface area (Å²) >= 11 is 0. The molecule has 6 rings (SSSR count). The second kappa shape index (κ2) is 8.74. The van der Waals surface area contributed by atoms with Gasteiger partial charge in [0.1, 0.15) is 30.0 Å². The Kier molecular flexibility index (Phi) is 5.39. The van der Waals surface area contributed by atoms with Crippen molar-refractivity contribution in [2.24, 2.45) is 0 Å². The van der Waals surface area contributed by atoms with Gasteiger partial charge in [0.2, 0.25) is 0 Å². The average molecular weight is 483 g/mol. The Morgan fingerprint density at radius 2 is 1.92 bits per heavy atom. The van der Waals surface area contributed by atoms with E-state index in [0.717, 1.165) is 45.1 Å². The Morgan fingerprint density at radius 1 is 1.03 bits per heavy atom. The first kappa shape index (κ1) is 22.2. The van der Waals surface area contributed by atoms with Gasteiger partial charge in [-0.3, -0.25) is 5.32 Å². The number of rotatable bonds is 6. The number of benzene rings is 2. The van der Waals surface area contributed by atoms with E-state index in [2.05, 4.69) is 49.8 Å². The van der Waals surface area contributed by atoms with Crippen LogP contribution in [0.3, 0.4) is 0 Å². The maximum atomic E-state index is 6.10. The van der Waals surface area contributed by atoms with Gasteiger partial charge in [0.25, 0.3) is 0 Å². The van der Waals surface area contributed by atoms with E-state index >= 15 is 0 Å². The summed E-state index contributed by atoms with van der Waals surface area (Å²) in [6, 6.07) is 15.6. The largest absolute Gasteiger partial charge is 0.457 e. The lowest BCUT2D eigenvalue weighted by atomic mass is 10.1. The molecule has 10 heteroatoms. The number of ether oxygens (including phenoxy) is 2. The van der Waals surface area contributed by atoms with Gasteiger partial charge in [0.05, 0.1) is 12.1 Å². The smallest absolute Gasteiger partial charge is 0.184 e. The highest BCUT2D eigenvalue weighted by Crippen LogP contribution is 2.31. The average Bonchev–Trinajstić information content (AvgIpc) is 3.46. The van der Waals surface area contributed by atoms with Crippen molar-refractivity contribution in [3.05, 3.63) is 72.9 Å². The number of aromatic nitrogens is 5. The number of anilines is 3. The summed E-state index contributed by atoms with van der Waals surface area (Å²) in [5.74, 6) is 2.18. The fraction of sp³-hybridized carbons (Fsp3) is 0.231. The molecule has 1 fully saturated rings. The quantitative estimate of drug-likeness (QED) is 0.319. The number of fused-ring (bicyclic) bond motifs is 2. The van der Waals surface area contributed by atoms with Crippen LogP contribution in [-0.4, -0.2) is 43.1 Å². The van der Waals surface area contributed by atoms with Crippen molar-refractivity contribution in [1.29, 1.82) is 0 Å². The Hall–Kier alpha value is -4.28. The number of aryl methyl sites for hydroxylation is 1. The number of hydrogen-bond donors (Lipinski definition) is 3. The van der Waals surface area contributed by atoms with Crippen LogP contribution in [0, 0.1) is 6.92 Å². The normalized spacial score (nSPS) is 16.9. The Balaban J connectivity index is 1.22. The number of nitrogens with zero attached hydrogens (tertiary/aromatic N) is 5. The molecule has 1 atom stereocenters. The molecule has 0 aliphatic carbocycles.